The summed E-state index contributed by atoms with van der Waals surface area (Å²) < 4.78 is 6.28. The van der Waals surface area contributed by atoms with Gasteiger partial charge < -0.3 is 9.32 Å². The number of fused-ring (bicyclic) bond motifs is 7. The van der Waals surface area contributed by atoms with E-state index >= 15 is 0 Å². The molecule has 206 valence electrons. The normalized spacial score (nSPS) is 11.6. The van der Waals surface area contributed by atoms with Crippen LogP contribution in [-0.4, -0.2) is 0 Å². The van der Waals surface area contributed by atoms with Crippen molar-refractivity contribution in [2.45, 2.75) is 0 Å². The Balaban J connectivity index is 1.25. The van der Waals surface area contributed by atoms with Gasteiger partial charge in [0.15, 0.2) is 0 Å². The average molecular weight is 562 g/mol. The van der Waals surface area contributed by atoms with Crippen LogP contribution in [0.4, 0.5) is 17.1 Å². The third-order valence-corrected chi connectivity index (χ3v) is 8.79. The van der Waals surface area contributed by atoms with Gasteiger partial charge in [0.05, 0.1) is 0 Å². The number of hydrogen-bond acceptors (Lipinski definition) is 2. The Morgan fingerprint density at radius 1 is 0.341 bits per heavy atom. The number of para-hydroxylation sites is 1. The van der Waals surface area contributed by atoms with Crippen molar-refractivity contribution in [3.63, 3.8) is 0 Å². The highest BCUT2D eigenvalue weighted by atomic mass is 16.3. The van der Waals surface area contributed by atoms with Crippen molar-refractivity contribution in [1.82, 2.24) is 0 Å². The first-order valence-electron chi connectivity index (χ1n) is 15.0. The van der Waals surface area contributed by atoms with Crippen molar-refractivity contribution < 1.29 is 4.42 Å². The smallest absolute Gasteiger partial charge is 0.135 e. The molecule has 0 radical (unpaired) electrons. The lowest BCUT2D eigenvalue weighted by Crippen LogP contribution is -2.10. The van der Waals surface area contributed by atoms with Crippen LogP contribution in [0.3, 0.4) is 0 Å². The fourth-order valence-corrected chi connectivity index (χ4v) is 6.65. The molecule has 0 N–H and O–H groups in total. The summed E-state index contributed by atoms with van der Waals surface area (Å²) in [6, 6.07) is 58.7. The monoisotopic (exact) mass is 561 g/mol. The summed E-state index contributed by atoms with van der Waals surface area (Å²) in [6.07, 6.45) is 0. The van der Waals surface area contributed by atoms with Gasteiger partial charge in [0.25, 0.3) is 0 Å². The lowest BCUT2D eigenvalue weighted by molar-refractivity contribution is 0.631. The van der Waals surface area contributed by atoms with E-state index in [0.717, 1.165) is 39.4 Å². The van der Waals surface area contributed by atoms with Crippen LogP contribution < -0.4 is 4.90 Å². The molecule has 9 rings (SSSR count). The molecular weight excluding hydrogens is 534 g/mol. The maximum Gasteiger partial charge on any atom is 0.135 e. The molecule has 0 saturated heterocycles. The maximum absolute atomic E-state index is 6.28. The van der Waals surface area contributed by atoms with Crippen LogP contribution >= 0.6 is 0 Å². The molecule has 0 aliphatic rings. The molecule has 0 saturated carbocycles. The van der Waals surface area contributed by atoms with Crippen LogP contribution in [0, 0.1) is 0 Å². The molecule has 0 aliphatic carbocycles. The third-order valence-electron chi connectivity index (χ3n) is 8.79. The van der Waals surface area contributed by atoms with Gasteiger partial charge in [-0.2, -0.15) is 0 Å². The van der Waals surface area contributed by atoms with Gasteiger partial charge in [0.1, 0.15) is 11.3 Å². The van der Waals surface area contributed by atoms with E-state index in [0.29, 0.717) is 0 Å². The van der Waals surface area contributed by atoms with Crippen LogP contribution in [0.5, 0.6) is 0 Å². The first-order valence-corrected chi connectivity index (χ1v) is 15.0. The molecule has 0 aliphatic heterocycles. The van der Waals surface area contributed by atoms with Gasteiger partial charge in [-0.15, -0.1) is 0 Å². The van der Waals surface area contributed by atoms with E-state index in [9.17, 15) is 0 Å². The zero-order valence-corrected chi connectivity index (χ0v) is 23.9. The largest absolute Gasteiger partial charge is 0.456 e. The van der Waals surface area contributed by atoms with Crippen molar-refractivity contribution in [3.8, 4) is 11.3 Å². The Morgan fingerprint density at radius 3 is 1.50 bits per heavy atom. The second kappa shape index (κ2) is 9.86. The lowest BCUT2D eigenvalue weighted by atomic mass is 9.99. The Hall–Kier alpha value is -5.86. The number of benzene rings is 8. The van der Waals surface area contributed by atoms with Crippen molar-refractivity contribution in [2.24, 2.45) is 0 Å². The number of furan rings is 1. The van der Waals surface area contributed by atoms with Gasteiger partial charge in [0, 0.05) is 28.0 Å². The minimum Gasteiger partial charge on any atom is -0.456 e. The summed E-state index contributed by atoms with van der Waals surface area (Å²) in [7, 11) is 0. The molecule has 0 unspecified atom stereocenters. The first-order chi connectivity index (χ1) is 21.8. The van der Waals surface area contributed by atoms with Gasteiger partial charge in [-0.3, -0.25) is 0 Å². The van der Waals surface area contributed by atoms with Gasteiger partial charge in [-0.1, -0.05) is 115 Å². The Morgan fingerprint density at radius 2 is 0.864 bits per heavy atom. The fraction of sp³-hybridized carbons (Fsp3) is 0. The molecule has 2 heteroatoms. The molecule has 0 atom stereocenters. The standard InChI is InChI=1S/C42H27NO/c1-4-13-37-28(8-1)16-18-30-24-35(20-22-39(30)37)43(36-21-23-40-31(25-36)19-17-29-9-2-5-14-38(29)40)34-12-7-11-32(26-34)42-27-33-10-3-6-15-41(33)44-42/h1-27H. The van der Waals surface area contributed by atoms with Crippen molar-refractivity contribution in [3.05, 3.63) is 164 Å². The summed E-state index contributed by atoms with van der Waals surface area (Å²) in [6.45, 7) is 0. The lowest BCUT2D eigenvalue weighted by Gasteiger charge is -2.27. The Labute approximate surface area is 255 Å². The van der Waals surface area contributed by atoms with E-state index in [1.165, 1.54) is 43.1 Å². The van der Waals surface area contributed by atoms with Gasteiger partial charge >= 0.3 is 0 Å². The predicted octanol–water partition coefficient (Wildman–Crippen LogP) is 12.2. The minimum absolute atomic E-state index is 0.864. The van der Waals surface area contributed by atoms with Crippen molar-refractivity contribution in [2.75, 3.05) is 4.90 Å². The first kappa shape index (κ1) is 24.7. The van der Waals surface area contributed by atoms with Gasteiger partial charge in [0.2, 0.25) is 0 Å². The highest BCUT2D eigenvalue weighted by Gasteiger charge is 2.17. The predicted molar refractivity (Wildman–Crippen MR) is 186 cm³/mol. The van der Waals surface area contributed by atoms with Crippen LogP contribution in [0.25, 0.3) is 65.4 Å². The van der Waals surface area contributed by atoms with E-state index in [1.807, 2.05) is 18.2 Å². The summed E-state index contributed by atoms with van der Waals surface area (Å²) in [5.74, 6) is 0.864. The highest BCUT2D eigenvalue weighted by Crippen LogP contribution is 2.41. The molecule has 0 bridgehead atoms. The third kappa shape index (κ3) is 4.04. The molecular formula is C42H27NO. The Kier molecular flexibility index (Phi) is 5.54. The molecule has 2 nitrogen and oxygen atoms in total. The fourth-order valence-electron chi connectivity index (χ4n) is 6.65. The quantitative estimate of drug-likeness (QED) is 0.199. The van der Waals surface area contributed by atoms with Gasteiger partial charge in [-0.25, -0.2) is 0 Å². The number of rotatable bonds is 4. The van der Waals surface area contributed by atoms with Crippen LogP contribution in [0.2, 0.25) is 0 Å². The topological polar surface area (TPSA) is 16.4 Å². The van der Waals surface area contributed by atoms with Gasteiger partial charge in [-0.05, 0) is 91.6 Å². The van der Waals surface area contributed by atoms with E-state index in [4.69, 9.17) is 4.42 Å². The minimum atomic E-state index is 0.864. The average Bonchev–Trinajstić information content (AvgIpc) is 3.53. The highest BCUT2D eigenvalue weighted by molar-refractivity contribution is 6.10. The van der Waals surface area contributed by atoms with E-state index in [1.54, 1.807) is 0 Å². The van der Waals surface area contributed by atoms with Crippen LogP contribution in [0.15, 0.2) is 168 Å². The molecule has 44 heavy (non-hydrogen) atoms. The van der Waals surface area contributed by atoms with E-state index in [-0.39, 0.29) is 0 Å². The second-order valence-electron chi connectivity index (χ2n) is 11.4. The molecule has 0 spiro atoms. The van der Waals surface area contributed by atoms with Crippen LogP contribution in [0.1, 0.15) is 0 Å². The zero-order valence-electron chi connectivity index (χ0n) is 23.9. The van der Waals surface area contributed by atoms with Crippen LogP contribution in [-0.2, 0) is 0 Å². The number of hydrogen-bond donors (Lipinski definition) is 0. The van der Waals surface area contributed by atoms with E-state index in [2.05, 4.69) is 150 Å². The summed E-state index contributed by atoms with van der Waals surface area (Å²) in [5, 5.41) is 11.1. The molecule has 0 amide bonds. The molecule has 1 heterocycles. The summed E-state index contributed by atoms with van der Waals surface area (Å²) in [4.78, 5) is 2.36. The molecule has 8 aromatic carbocycles. The Bertz CT molecular complexity index is 2370. The summed E-state index contributed by atoms with van der Waals surface area (Å²) >= 11 is 0. The molecule has 9 aromatic rings. The van der Waals surface area contributed by atoms with Crippen molar-refractivity contribution >= 4 is 71.1 Å². The SMILES string of the molecule is c1cc(-c2cc3ccccc3o2)cc(N(c2ccc3c(ccc4ccccc43)c2)c2ccc3c(ccc4ccccc43)c2)c1. The van der Waals surface area contributed by atoms with Crippen molar-refractivity contribution in [1.29, 1.82) is 0 Å². The maximum atomic E-state index is 6.28. The second-order valence-corrected chi connectivity index (χ2v) is 11.4. The summed E-state index contributed by atoms with van der Waals surface area (Å²) in [5.41, 5.74) is 5.23. The number of nitrogens with zero attached hydrogens (tertiary/aromatic N) is 1. The molecule has 0 fully saturated rings. The van der Waals surface area contributed by atoms with E-state index < -0.39 is 0 Å². The molecule has 1 aromatic heterocycles. The number of anilines is 3. The zero-order chi connectivity index (χ0) is 29.0.